The van der Waals surface area contributed by atoms with Crippen molar-refractivity contribution in [2.24, 2.45) is 0 Å². The van der Waals surface area contributed by atoms with Crippen molar-refractivity contribution < 1.29 is 4.79 Å². The Kier molecular flexibility index (Phi) is 5.99. The topological polar surface area (TPSA) is 57.8 Å². The minimum Gasteiger partial charge on any atom is -0.349 e. The first-order valence-corrected chi connectivity index (χ1v) is 10.1. The first-order chi connectivity index (χ1) is 12.6. The second-order valence-corrected chi connectivity index (χ2v) is 7.81. The number of hydrogen-bond acceptors (Lipinski definition) is 3. The maximum Gasteiger partial charge on any atom is 0.230 e. The van der Waals surface area contributed by atoms with Crippen LogP contribution in [0.4, 0.5) is 0 Å². The van der Waals surface area contributed by atoms with Crippen molar-refractivity contribution >= 4 is 28.7 Å². The van der Waals surface area contributed by atoms with Gasteiger partial charge in [-0.3, -0.25) is 4.79 Å². The van der Waals surface area contributed by atoms with E-state index in [1.807, 2.05) is 31.2 Å². The predicted molar refractivity (Wildman–Crippen MR) is 109 cm³/mol. The van der Waals surface area contributed by atoms with E-state index in [-0.39, 0.29) is 17.2 Å². The van der Waals surface area contributed by atoms with Crippen LogP contribution in [0.5, 0.6) is 0 Å². The number of fused-ring (bicyclic) bond motifs is 1. The molecule has 5 heteroatoms. The highest BCUT2D eigenvalue weighted by molar-refractivity contribution is 8.00. The minimum atomic E-state index is 0.00973. The number of nitrogens with zero attached hydrogens (tertiary/aromatic N) is 1. The molecule has 0 saturated heterocycles. The third-order valence-corrected chi connectivity index (χ3v) is 5.67. The van der Waals surface area contributed by atoms with Gasteiger partial charge < -0.3 is 10.3 Å². The highest BCUT2D eigenvalue weighted by atomic mass is 32.2. The van der Waals surface area contributed by atoms with E-state index in [2.05, 4.69) is 53.4 Å². The molecule has 1 heterocycles. The van der Waals surface area contributed by atoms with E-state index >= 15 is 0 Å². The van der Waals surface area contributed by atoms with Gasteiger partial charge in [0.25, 0.3) is 0 Å². The Hall–Kier alpha value is -2.27. The number of benzene rings is 2. The van der Waals surface area contributed by atoms with Gasteiger partial charge in [-0.15, -0.1) is 11.8 Å². The summed E-state index contributed by atoms with van der Waals surface area (Å²) in [6.07, 6.45) is 1.03. The van der Waals surface area contributed by atoms with Crippen molar-refractivity contribution in [2.45, 2.75) is 38.5 Å². The van der Waals surface area contributed by atoms with E-state index < -0.39 is 0 Å². The van der Waals surface area contributed by atoms with Gasteiger partial charge in [-0.05, 0) is 43.5 Å². The largest absolute Gasteiger partial charge is 0.349 e. The van der Waals surface area contributed by atoms with Crippen LogP contribution >= 0.6 is 11.8 Å². The summed E-state index contributed by atoms with van der Waals surface area (Å²) in [6, 6.07) is 16.4. The second kappa shape index (κ2) is 8.41. The maximum absolute atomic E-state index is 12.3. The Balaban J connectivity index is 1.52. The molecule has 3 rings (SSSR count). The van der Waals surface area contributed by atoms with E-state index in [0.717, 1.165) is 28.8 Å². The molecule has 0 radical (unpaired) electrons. The molecule has 0 aliphatic heterocycles. The lowest BCUT2D eigenvalue weighted by Crippen LogP contribution is -2.28. The highest BCUT2D eigenvalue weighted by Crippen LogP contribution is 2.27. The predicted octanol–water partition coefficient (Wildman–Crippen LogP) is 4.80. The van der Waals surface area contributed by atoms with Crippen LogP contribution in [0, 0.1) is 0 Å². The van der Waals surface area contributed by atoms with Gasteiger partial charge in [-0.2, -0.15) is 0 Å². The van der Waals surface area contributed by atoms with Crippen LogP contribution < -0.4 is 5.32 Å². The van der Waals surface area contributed by atoms with Crippen LogP contribution in [0.2, 0.25) is 0 Å². The number of hydrogen-bond donors (Lipinski definition) is 2. The standard InChI is InChI=1S/C21H25N3OS/c1-4-16-9-11-17(12-10-16)14(2)22-20(25)13-26-15(3)21-23-18-7-5-6-8-19(18)24-21/h5-12,14-15H,4,13H2,1-3H3,(H,22,25)(H,23,24). The fourth-order valence-electron chi connectivity index (χ4n) is 2.85. The van der Waals surface area contributed by atoms with Gasteiger partial charge in [0, 0.05) is 0 Å². The van der Waals surface area contributed by atoms with Crippen LogP contribution in [0.25, 0.3) is 11.0 Å². The average Bonchev–Trinajstić information content (AvgIpc) is 3.10. The minimum absolute atomic E-state index is 0.00973. The van der Waals surface area contributed by atoms with E-state index in [9.17, 15) is 4.79 Å². The summed E-state index contributed by atoms with van der Waals surface area (Å²) in [5, 5.41) is 3.21. The van der Waals surface area contributed by atoms with Crippen LogP contribution in [-0.4, -0.2) is 21.6 Å². The summed E-state index contributed by atoms with van der Waals surface area (Å²) in [5.41, 5.74) is 4.43. The van der Waals surface area contributed by atoms with Crippen molar-refractivity contribution in [3.63, 3.8) is 0 Å². The Morgan fingerprint density at radius 2 is 1.88 bits per heavy atom. The molecule has 4 nitrogen and oxygen atoms in total. The van der Waals surface area contributed by atoms with Crippen molar-refractivity contribution in [1.29, 1.82) is 0 Å². The van der Waals surface area contributed by atoms with Gasteiger partial charge >= 0.3 is 0 Å². The molecular formula is C21H25N3OS. The Bertz CT molecular complexity index is 839. The molecule has 26 heavy (non-hydrogen) atoms. The first kappa shape index (κ1) is 18.5. The Morgan fingerprint density at radius 1 is 1.15 bits per heavy atom. The summed E-state index contributed by atoms with van der Waals surface area (Å²) in [6.45, 7) is 6.23. The highest BCUT2D eigenvalue weighted by Gasteiger charge is 2.15. The third-order valence-electron chi connectivity index (χ3n) is 4.52. The number of aromatic nitrogens is 2. The van der Waals surface area contributed by atoms with Gasteiger partial charge in [0.1, 0.15) is 5.82 Å². The van der Waals surface area contributed by atoms with E-state index in [4.69, 9.17) is 0 Å². The van der Waals surface area contributed by atoms with Gasteiger partial charge in [-0.1, -0.05) is 43.3 Å². The van der Waals surface area contributed by atoms with Crippen molar-refractivity contribution in [3.8, 4) is 0 Å². The SMILES string of the molecule is CCc1ccc(C(C)NC(=O)CSC(C)c2nc3ccccc3[nH]2)cc1. The smallest absolute Gasteiger partial charge is 0.230 e. The molecule has 1 amide bonds. The van der Waals surface area contributed by atoms with Crippen LogP contribution in [0.15, 0.2) is 48.5 Å². The number of nitrogens with one attached hydrogen (secondary N) is 2. The number of aromatic amines is 1. The first-order valence-electron chi connectivity index (χ1n) is 9.01. The van der Waals surface area contributed by atoms with Crippen LogP contribution in [0.3, 0.4) is 0 Å². The summed E-state index contributed by atoms with van der Waals surface area (Å²) < 4.78 is 0. The molecular weight excluding hydrogens is 342 g/mol. The molecule has 0 aliphatic carbocycles. The summed E-state index contributed by atoms with van der Waals surface area (Å²) in [5.74, 6) is 1.37. The van der Waals surface area contributed by atoms with Crippen molar-refractivity contribution in [1.82, 2.24) is 15.3 Å². The monoisotopic (exact) mass is 367 g/mol. The van der Waals surface area contributed by atoms with Gasteiger partial charge in [0.05, 0.1) is 28.1 Å². The van der Waals surface area contributed by atoms with Crippen LogP contribution in [0.1, 0.15) is 49.0 Å². The Morgan fingerprint density at radius 3 is 2.58 bits per heavy atom. The van der Waals surface area contributed by atoms with E-state index in [1.165, 1.54) is 5.56 Å². The third kappa shape index (κ3) is 4.47. The van der Waals surface area contributed by atoms with Gasteiger partial charge in [-0.25, -0.2) is 4.98 Å². The number of H-pyrrole nitrogens is 1. The quantitative estimate of drug-likeness (QED) is 0.631. The number of carbonyl (C=O) groups excluding carboxylic acids is 1. The number of amides is 1. The van der Waals surface area contributed by atoms with Crippen LogP contribution in [-0.2, 0) is 11.2 Å². The normalized spacial score (nSPS) is 13.5. The lowest BCUT2D eigenvalue weighted by Gasteiger charge is -2.15. The summed E-state index contributed by atoms with van der Waals surface area (Å²) in [7, 11) is 0. The van der Waals surface area contributed by atoms with Gasteiger partial charge in [0.15, 0.2) is 0 Å². The molecule has 0 aliphatic rings. The molecule has 2 unspecified atom stereocenters. The second-order valence-electron chi connectivity index (χ2n) is 6.48. The zero-order valence-corrected chi connectivity index (χ0v) is 16.3. The van der Waals surface area contributed by atoms with E-state index in [1.54, 1.807) is 11.8 Å². The number of carbonyl (C=O) groups is 1. The fourth-order valence-corrected chi connectivity index (χ4v) is 3.61. The molecule has 2 atom stereocenters. The zero-order chi connectivity index (χ0) is 18.5. The van der Waals surface area contributed by atoms with E-state index in [0.29, 0.717) is 5.75 Å². The molecule has 0 bridgehead atoms. The molecule has 2 aromatic carbocycles. The fraction of sp³-hybridized carbons (Fsp3) is 0.333. The lowest BCUT2D eigenvalue weighted by molar-refractivity contribution is -0.119. The lowest BCUT2D eigenvalue weighted by atomic mass is 10.1. The molecule has 0 fully saturated rings. The average molecular weight is 368 g/mol. The van der Waals surface area contributed by atoms with Crippen molar-refractivity contribution in [3.05, 3.63) is 65.5 Å². The number of aryl methyl sites for hydroxylation is 1. The number of imidazole rings is 1. The number of thioether (sulfide) groups is 1. The van der Waals surface area contributed by atoms with Crippen molar-refractivity contribution in [2.75, 3.05) is 5.75 Å². The summed E-state index contributed by atoms with van der Waals surface area (Å²) in [4.78, 5) is 20.2. The zero-order valence-electron chi connectivity index (χ0n) is 15.5. The number of rotatable bonds is 7. The maximum atomic E-state index is 12.3. The van der Waals surface area contributed by atoms with Gasteiger partial charge in [0.2, 0.25) is 5.91 Å². The molecule has 0 spiro atoms. The molecule has 3 aromatic rings. The number of para-hydroxylation sites is 2. The Labute approximate surface area is 158 Å². The molecule has 136 valence electrons. The summed E-state index contributed by atoms with van der Waals surface area (Å²) >= 11 is 1.59. The molecule has 2 N–H and O–H groups in total. The molecule has 1 aromatic heterocycles. The molecule has 0 saturated carbocycles.